The number of rotatable bonds is 7. The molecule has 4 rings (SSSR count). The van der Waals surface area contributed by atoms with Crippen molar-refractivity contribution in [2.45, 2.75) is 6.10 Å². The molecule has 1 aliphatic rings. The molecule has 8 heteroatoms. The number of amides is 2. The van der Waals surface area contributed by atoms with Crippen LogP contribution in [-0.4, -0.2) is 37.1 Å². The lowest BCUT2D eigenvalue weighted by molar-refractivity contribution is 0.102. The van der Waals surface area contributed by atoms with Crippen molar-refractivity contribution >= 4 is 29.2 Å². The Bertz CT molecular complexity index is 1150. The van der Waals surface area contributed by atoms with Gasteiger partial charge in [0.15, 0.2) is 6.10 Å². The quantitative estimate of drug-likeness (QED) is 0.391. The van der Waals surface area contributed by atoms with Crippen LogP contribution in [0.15, 0.2) is 78.9 Å². The van der Waals surface area contributed by atoms with Gasteiger partial charge in [0.25, 0.3) is 5.91 Å². The zero-order chi connectivity index (χ0) is 22.5. The van der Waals surface area contributed by atoms with Crippen molar-refractivity contribution in [2.24, 2.45) is 5.73 Å². The van der Waals surface area contributed by atoms with E-state index in [0.717, 1.165) is 0 Å². The predicted molar refractivity (Wildman–Crippen MR) is 121 cm³/mol. The monoisotopic (exact) mass is 430 g/mol. The lowest BCUT2D eigenvalue weighted by Gasteiger charge is -2.14. The van der Waals surface area contributed by atoms with Crippen LogP contribution in [0.25, 0.3) is 0 Å². The minimum Gasteiger partial charge on any atom is -0.490 e. The predicted octanol–water partition coefficient (Wildman–Crippen LogP) is 3.63. The number of amidine groups is 1. The molecule has 1 saturated heterocycles. The summed E-state index contributed by atoms with van der Waals surface area (Å²) in [4.78, 5) is 26.3. The summed E-state index contributed by atoms with van der Waals surface area (Å²) < 4.78 is 11.2. The Balaban J connectivity index is 1.36. The summed E-state index contributed by atoms with van der Waals surface area (Å²) in [5, 5.41) is 10.4. The summed E-state index contributed by atoms with van der Waals surface area (Å²) in [6.07, 6.45) is -0.972. The van der Waals surface area contributed by atoms with Gasteiger partial charge in [0.2, 0.25) is 0 Å². The van der Waals surface area contributed by atoms with Crippen LogP contribution in [0.5, 0.6) is 5.75 Å². The van der Waals surface area contributed by atoms with Crippen LogP contribution >= 0.6 is 0 Å². The Hall–Kier alpha value is -4.33. The molecule has 162 valence electrons. The topological polar surface area (TPSA) is 118 Å². The molecule has 1 heterocycles. The summed E-state index contributed by atoms with van der Waals surface area (Å²) in [7, 11) is 0. The van der Waals surface area contributed by atoms with Crippen molar-refractivity contribution < 1.29 is 19.1 Å². The van der Waals surface area contributed by atoms with E-state index in [1.54, 1.807) is 48.5 Å². The maximum atomic E-state index is 12.5. The van der Waals surface area contributed by atoms with Crippen LogP contribution in [0.2, 0.25) is 0 Å². The number of hydrogen-bond donors (Lipinski definition) is 3. The summed E-state index contributed by atoms with van der Waals surface area (Å²) in [6.45, 7) is 0.437. The van der Waals surface area contributed by atoms with E-state index in [-0.39, 0.29) is 18.3 Å². The second kappa shape index (κ2) is 9.22. The standard InChI is InChI=1S/C24H22N4O4/c25-22(26)16-6-4-10-19(12-16)28-14-21(32-24(28)30)15-31-20-11-5-7-17(13-20)23(29)27-18-8-2-1-3-9-18/h1-13,21H,14-15H2,(H3,25,26)(H,27,29). The van der Waals surface area contributed by atoms with Crippen molar-refractivity contribution in [1.82, 2.24) is 0 Å². The molecule has 2 amide bonds. The highest BCUT2D eigenvalue weighted by atomic mass is 16.6. The number of hydrogen-bond acceptors (Lipinski definition) is 5. The molecule has 8 nitrogen and oxygen atoms in total. The Kier molecular flexibility index (Phi) is 6.03. The van der Waals surface area contributed by atoms with Crippen LogP contribution in [0.1, 0.15) is 15.9 Å². The summed E-state index contributed by atoms with van der Waals surface area (Å²) in [5.41, 5.74) is 7.82. The van der Waals surface area contributed by atoms with Crippen molar-refractivity contribution in [3.05, 3.63) is 90.0 Å². The van der Waals surface area contributed by atoms with Crippen molar-refractivity contribution in [3.63, 3.8) is 0 Å². The van der Waals surface area contributed by atoms with E-state index in [2.05, 4.69) is 5.32 Å². The molecule has 1 fully saturated rings. The third kappa shape index (κ3) is 4.86. The van der Waals surface area contributed by atoms with Gasteiger partial charge in [0, 0.05) is 22.5 Å². The molecule has 0 saturated carbocycles. The first-order chi connectivity index (χ1) is 15.5. The van der Waals surface area contributed by atoms with E-state index < -0.39 is 12.2 Å². The van der Waals surface area contributed by atoms with E-state index >= 15 is 0 Å². The number of nitrogens with zero attached hydrogens (tertiary/aromatic N) is 1. The van der Waals surface area contributed by atoms with Gasteiger partial charge in [-0.2, -0.15) is 0 Å². The Morgan fingerprint density at radius 2 is 1.81 bits per heavy atom. The molecule has 0 radical (unpaired) electrons. The maximum Gasteiger partial charge on any atom is 0.414 e. The number of nitrogen functional groups attached to an aromatic ring is 1. The van der Waals surface area contributed by atoms with Gasteiger partial charge in [0.1, 0.15) is 18.2 Å². The fourth-order valence-electron chi connectivity index (χ4n) is 3.30. The molecular formula is C24H22N4O4. The number of ether oxygens (including phenoxy) is 2. The third-order valence-corrected chi connectivity index (χ3v) is 4.91. The number of cyclic esters (lactones) is 1. The molecule has 1 unspecified atom stereocenters. The lowest BCUT2D eigenvalue weighted by Crippen LogP contribution is -2.27. The van der Waals surface area contributed by atoms with Crippen LogP contribution in [0, 0.1) is 5.41 Å². The number of para-hydroxylation sites is 1. The second-order valence-corrected chi connectivity index (χ2v) is 7.24. The van der Waals surface area contributed by atoms with Crippen LogP contribution in [0.4, 0.5) is 16.2 Å². The number of benzene rings is 3. The summed E-state index contributed by atoms with van der Waals surface area (Å²) >= 11 is 0. The maximum absolute atomic E-state index is 12.5. The molecule has 0 aromatic heterocycles. The van der Waals surface area contributed by atoms with Crippen LogP contribution in [-0.2, 0) is 4.74 Å². The number of carbonyl (C=O) groups is 2. The number of nitrogens with two attached hydrogens (primary N) is 1. The van der Waals surface area contributed by atoms with Gasteiger partial charge >= 0.3 is 6.09 Å². The van der Waals surface area contributed by atoms with Gasteiger partial charge in [-0.05, 0) is 42.5 Å². The summed E-state index contributed by atoms with van der Waals surface area (Å²) in [6, 6.07) is 22.9. The molecule has 0 bridgehead atoms. The van der Waals surface area contributed by atoms with Crippen LogP contribution < -0.4 is 20.7 Å². The first kappa shape index (κ1) is 20.9. The largest absolute Gasteiger partial charge is 0.490 e. The van der Waals surface area contributed by atoms with Gasteiger partial charge in [-0.15, -0.1) is 0 Å². The van der Waals surface area contributed by atoms with E-state index in [1.165, 1.54) is 4.90 Å². The molecule has 1 aliphatic heterocycles. The van der Waals surface area contributed by atoms with E-state index in [1.807, 2.05) is 30.3 Å². The highest BCUT2D eigenvalue weighted by Gasteiger charge is 2.33. The van der Waals surface area contributed by atoms with Gasteiger partial charge in [0.05, 0.1) is 6.54 Å². The Morgan fingerprint density at radius 1 is 1.06 bits per heavy atom. The fraction of sp³-hybridized carbons (Fsp3) is 0.125. The average Bonchev–Trinajstić information content (AvgIpc) is 3.19. The van der Waals surface area contributed by atoms with Crippen molar-refractivity contribution in [3.8, 4) is 5.75 Å². The smallest absolute Gasteiger partial charge is 0.414 e. The third-order valence-electron chi connectivity index (χ3n) is 4.91. The molecular weight excluding hydrogens is 408 g/mol. The lowest BCUT2D eigenvalue weighted by atomic mass is 10.1. The van der Waals surface area contributed by atoms with E-state index in [4.69, 9.17) is 20.6 Å². The molecule has 0 aliphatic carbocycles. The minimum absolute atomic E-state index is 0.0736. The Morgan fingerprint density at radius 3 is 2.59 bits per heavy atom. The Labute approximate surface area is 185 Å². The van der Waals surface area contributed by atoms with Crippen molar-refractivity contribution in [1.29, 1.82) is 5.41 Å². The second-order valence-electron chi connectivity index (χ2n) is 7.24. The molecule has 3 aromatic carbocycles. The SMILES string of the molecule is N=C(N)c1cccc(N2CC(COc3cccc(C(=O)Nc4ccccc4)c3)OC2=O)c1. The van der Waals surface area contributed by atoms with E-state index in [9.17, 15) is 9.59 Å². The van der Waals surface area contributed by atoms with E-state index in [0.29, 0.717) is 34.8 Å². The molecule has 0 spiro atoms. The average molecular weight is 430 g/mol. The van der Waals surface area contributed by atoms with Gasteiger partial charge in [-0.1, -0.05) is 36.4 Å². The highest BCUT2D eigenvalue weighted by Crippen LogP contribution is 2.23. The van der Waals surface area contributed by atoms with Gasteiger partial charge in [-0.3, -0.25) is 15.1 Å². The number of nitrogens with one attached hydrogen (secondary N) is 2. The molecule has 4 N–H and O–H groups in total. The zero-order valence-electron chi connectivity index (χ0n) is 17.2. The van der Waals surface area contributed by atoms with Gasteiger partial charge < -0.3 is 20.5 Å². The first-order valence-corrected chi connectivity index (χ1v) is 10.0. The molecule has 3 aromatic rings. The first-order valence-electron chi connectivity index (χ1n) is 10.0. The zero-order valence-corrected chi connectivity index (χ0v) is 17.2. The summed E-state index contributed by atoms with van der Waals surface area (Å²) in [5.74, 6) is 0.180. The molecule has 1 atom stereocenters. The number of carbonyl (C=O) groups excluding carboxylic acids is 2. The normalized spacial score (nSPS) is 15.2. The van der Waals surface area contributed by atoms with Crippen LogP contribution in [0.3, 0.4) is 0 Å². The van der Waals surface area contributed by atoms with Gasteiger partial charge in [-0.25, -0.2) is 4.79 Å². The fourth-order valence-corrected chi connectivity index (χ4v) is 3.30. The van der Waals surface area contributed by atoms with Crippen molar-refractivity contribution in [2.75, 3.05) is 23.4 Å². The number of anilines is 2. The minimum atomic E-state index is -0.490. The molecule has 32 heavy (non-hydrogen) atoms. The highest BCUT2D eigenvalue weighted by molar-refractivity contribution is 6.04.